The lowest BCUT2D eigenvalue weighted by Gasteiger charge is -2.44. The molecule has 0 radical (unpaired) electrons. The molecule has 1 atom stereocenters. The van der Waals surface area contributed by atoms with Gasteiger partial charge >= 0.3 is 0 Å². The summed E-state index contributed by atoms with van der Waals surface area (Å²) in [6, 6.07) is 6.90. The predicted molar refractivity (Wildman–Crippen MR) is 118 cm³/mol. The molecule has 8 nitrogen and oxygen atoms in total. The lowest BCUT2D eigenvalue weighted by molar-refractivity contribution is 0.00145. The number of benzene rings is 1. The van der Waals surface area contributed by atoms with Gasteiger partial charge in [0.1, 0.15) is 31.5 Å². The minimum atomic E-state index is -3.36. The van der Waals surface area contributed by atoms with Crippen molar-refractivity contribution in [3.8, 4) is 5.75 Å². The van der Waals surface area contributed by atoms with E-state index in [1.165, 1.54) is 0 Å². The van der Waals surface area contributed by atoms with Crippen LogP contribution in [-0.4, -0.2) is 90.5 Å². The predicted octanol–water partition coefficient (Wildman–Crippen LogP) is 1.21. The van der Waals surface area contributed by atoms with Crippen LogP contribution in [-0.2, 0) is 24.4 Å². The Kier molecular flexibility index (Phi) is 7.45. The third-order valence-electron chi connectivity index (χ3n) is 6.12. The van der Waals surface area contributed by atoms with Gasteiger partial charge in [-0.3, -0.25) is 9.69 Å². The first kappa shape index (κ1) is 24.2. The number of carbonyl (C=O) groups is 1. The molecule has 0 bridgehead atoms. The van der Waals surface area contributed by atoms with Gasteiger partial charge in [0.25, 0.3) is 0 Å². The molecule has 1 saturated heterocycles. The van der Waals surface area contributed by atoms with Crippen LogP contribution < -0.4 is 4.74 Å². The van der Waals surface area contributed by atoms with E-state index in [-0.39, 0.29) is 30.1 Å². The fourth-order valence-corrected chi connectivity index (χ4v) is 5.78. The van der Waals surface area contributed by atoms with E-state index in [2.05, 4.69) is 4.90 Å². The van der Waals surface area contributed by atoms with Crippen molar-refractivity contribution in [3.63, 3.8) is 0 Å². The number of ether oxygens (including phenoxy) is 2. The molecule has 2 aliphatic heterocycles. The summed E-state index contributed by atoms with van der Waals surface area (Å²) >= 11 is 0. The van der Waals surface area contributed by atoms with Gasteiger partial charge in [0.2, 0.25) is 0 Å². The van der Waals surface area contributed by atoms with Gasteiger partial charge in [-0.2, -0.15) is 0 Å². The molecule has 1 unspecified atom stereocenters. The molecule has 3 rings (SSSR count). The minimum absolute atomic E-state index is 0.0301. The van der Waals surface area contributed by atoms with Crippen LogP contribution in [0.4, 0.5) is 0 Å². The van der Waals surface area contributed by atoms with Gasteiger partial charge in [0.05, 0.1) is 35.7 Å². The number of ketones is 1. The maximum Gasteiger partial charge on any atom is 0.176 e. The van der Waals surface area contributed by atoms with Gasteiger partial charge in [-0.1, -0.05) is 12.1 Å². The number of sulfone groups is 2. The molecule has 0 saturated carbocycles. The zero-order valence-corrected chi connectivity index (χ0v) is 19.7. The van der Waals surface area contributed by atoms with E-state index in [4.69, 9.17) is 9.47 Å². The van der Waals surface area contributed by atoms with Gasteiger partial charge in [0, 0.05) is 32.1 Å². The van der Waals surface area contributed by atoms with Crippen molar-refractivity contribution in [3.05, 3.63) is 29.8 Å². The normalized spacial score (nSPS) is 22.0. The maximum atomic E-state index is 13.7. The van der Waals surface area contributed by atoms with Gasteiger partial charge < -0.3 is 9.47 Å². The first-order valence-corrected chi connectivity index (χ1v) is 14.6. The second kappa shape index (κ2) is 9.56. The Morgan fingerprint density at radius 2 is 1.58 bits per heavy atom. The minimum Gasteiger partial charge on any atom is -0.489 e. The average molecular weight is 474 g/mol. The highest BCUT2D eigenvalue weighted by Crippen LogP contribution is 2.45. The molecule has 0 N–H and O–H groups in total. The summed E-state index contributed by atoms with van der Waals surface area (Å²) in [7, 11) is -6.72. The Labute approximate surface area is 184 Å². The molecule has 1 aromatic carbocycles. The standard InChI is InChI=1S/C21H31NO7S2/c1-30(24,25)15-8-21(9-16-31(2,26)27)19(7-10-22-11-13-28-14-12-22)29-18-6-4-3-5-17(18)20(21)23/h3-6,19H,7-16H2,1-2H3. The van der Waals surface area contributed by atoms with Crippen molar-refractivity contribution in [2.45, 2.75) is 25.4 Å². The number of Topliss-reactive ketones (excluding diaryl/α,β-unsaturated/α-hetero) is 1. The van der Waals surface area contributed by atoms with Gasteiger partial charge in [0.15, 0.2) is 5.78 Å². The monoisotopic (exact) mass is 473 g/mol. The van der Waals surface area contributed by atoms with E-state index >= 15 is 0 Å². The Hall–Kier alpha value is -1.49. The van der Waals surface area contributed by atoms with Crippen LogP contribution >= 0.6 is 0 Å². The van der Waals surface area contributed by atoms with E-state index in [0.717, 1.165) is 25.6 Å². The lowest BCUT2D eigenvalue weighted by Crippen LogP contribution is -2.52. The smallest absolute Gasteiger partial charge is 0.176 e. The van der Waals surface area contributed by atoms with Gasteiger partial charge in [-0.15, -0.1) is 0 Å². The van der Waals surface area contributed by atoms with Gasteiger partial charge in [-0.05, 0) is 31.4 Å². The summed E-state index contributed by atoms with van der Waals surface area (Å²) in [6.45, 7) is 3.48. The molecule has 174 valence electrons. The number of fused-ring (bicyclic) bond motifs is 1. The van der Waals surface area contributed by atoms with E-state index in [1.54, 1.807) is 24.3 Å². The number of hydrogen-bond acceptors (Lipinski definition) is 8. The average Bonchev–Trinajstić information content (AvgIpc) is 2.71. The van der Waals surface area contributed by atoms with Crippen molar-refractivity contribution in [2.75, 3.05) is 56.9 Å². The fraction of sp³-hybridized carbons (Fsp3) is 0.667. The summed E-state index contributed by atoms with van der Waals surface area (Å²) in [6.07, 6.45) is 2.20. The SMILES string of the molecule is CS(=O)(=O)CCC1(CCS(C)(=O)=O)C(=O)c2ccccc2OC1CCN1CCOCC1. The van der Waals surface area contributed by atoms with Crippen molar-refractivity contribution in [1.29, 1.82) is 0 Å². The summed E-state index contributed by atoms with van der Waals surface area (Å²) in [5.74, 6) is -0.174. The summed E-state index contributed by atoms with van der Waals surface area (Å²) in [5, 5.41) is 0. The Balaban J connectivity index is 1.96. The molecule has 0 aromatic heterocycles. The highest BCUT2D eigenvalue weighted by molar-refractivity contribution is 7.90. The van der Waals surface area contributed by atoms with Crippen LogP contribution in [0.25, 0.3) is 0 Å². The Bertz CT molecular complexity index is 962. The molecule has 0 amide bonds. The lowest BCUT2D eigenvalue weighted by atomic mass is 9.68. The van der Waals surface area contributed by atoms with Crippen LogP contribution in [0, 0.1) is 5.41 Å². The second-order valence-electron chi connectivity index (χ2n) is 8.59. The van der Waals surface area contributed by atoms with Crippen LogP contribution in [0.5, 0.6) is 5.75 Å². The molecule has 1 aromatic rings. The molecule has 31 heavy (non-hydrogen) atoms. The van der Waals surface area contributed by atoms with E-state index in [9.17, 15) is 21.6 Å². The second-order valence-corrected chi connectivity index (χ2v) is 13.1. The molecule has 10 heteroatoms. The van der Waals surface area contributed by atoms with Gasteiger partial charge in [-0.25, -0.2) is 16.8 Å². The van der Waals surface area contributed by atoms with Crippen molar-refractivity contribution in [2.24, 2.45) is 5.41 Å². The number of para-hydroxylation sites is 1. The fourth-order valence-electron chi connectivity index (χ4n) is 4.31. The molecule has 0 aliphatic carbocycles. The first-order valence-electron chi connectivity index (χ1n) is 10.5. The molecular formula is C21H31NO7S2. The molecule has 2 heterocycles. The van der Waals surface area contributed by atoms with Crippen molar-refractivity contribution >= 4 is 25.5 Å². The number of nitrogens with zero attached hydrogens (tertiary/aromatic N) is 1. The van der Waals surface area contributed by atoms with Crippen LogP contribution in [0.3, 0.4) is 0 Å². The maximum absolute atomic E-state index is 13.7. The largest absolute Gasteiger partial charge is 0.489 e. The van der Waals surface area contributed by atoms with Crippen molar-refractivity contribution in [1.82, 2.24) is 4.90 Å². The van der Waals surface area contributed by atoms with Crippen LogP contribution in [0.1, 0.15) is 29.6 Å². The first-order chi connectivity index (χ1) is 14.5. The Morgan fingerprint density at radius 3 is 2.16 bits per heavy atom. The molecule has 1 fully saturated rings. The molecule has 0 spiro atoms. The third-order valence-corrected chi connectivity index (χ3v) is 8.01. The van der Waals surface area contributed by atoms with E-state index < -0.39 is 31.2 Å². The molecule has 2 aliphatic rings. The third kappa shape index (κ3) is 6.27. The van der Waals surface area contributed by atoms with E-state index in [1.807, 2.05) is 0 Å². The zero-order valence-electron chi connectivity index (χ0n) is 18.1. The molecular weight excluding hydrogens is 442 g/mol. The number of hydrogen-bond donors (Lipinski definition) is 0. The highest BCUT2D eigenvalue weighted by Gasteiger charge is 2.51. The topological polar surface area (TPSA) is 107 Å². The summed E-state index contributed by atoms with van der Waals surface area (Å²) in [4.78, 5) is 15.9. The van der Waals surface area contributed by atoms with Crippen LogP contribution in [0.15, 0.2) is 24.3 Å². The van der Waals surface area contributed by atoms with Crippen LogP contribution in [0.2, 0.25) is 0 Å². The highest BCUT2D eigenvalue weighted by atomic mass is 32.2. The number of morpholine rings is 1. The summed E-state index contributed by atoms with van der Waals surface area (Å²) < 4.78 is 59.6. The quantitative estimate of drug-likeness (QED) is 0.527. The van der Waals surface area contributed by atoms with E-state index in [0.29, 0.717) is 37.5 Å². The zero-order chi connectivity index (χ0) is 22.7. The van der Waals surface area contributed by atoms with Crippen molar-refractivity contribution < 1.29 is 31.1 Å². The summed E-state index contributed by atoms with van der Waals surface area (Å²) in [5.41, 5.74) is -0.834. The number of rotatable bonds is 9. The number of carbonyl (C=O) groups excluding carboxylic acids is 1. The Morgan fingerprint density at radius 1 is 1.00 bits per heavy atom.